The number of amides is 1. The summed E-state index contributed by atoms with van der Waals surface area (Å²) < 4.78 is 0. The summed E-state index contributed by atoms with van der Waals surface area (Å²) in [6.07, 6.45) is 0. The van der Waals surface area contributed by atoms with Crippen molar-refractivity contribution in [3.63, 3.8) is 0 Å². The van der Waals surface area contributed by atoms with Crippen molar-refractivity contribution in [2.45, 2.75) is 20.4 Å². The Labute approximate surface area is 120 Å². The highest BCUT2D eigenvalue weighted by Gasteiger charge is 2.10. The molecule has 4 heteroatoms. The van der Waals surface area contributed by atoms with Gasteiger partial charge < -0.3 is 10.4 Å². The van der Waals surface area contributed by atoms with Crippen molar-refractivity contribution >= 4 is 5.91 Å². The van der Waals surface area contributed by atoms with E-state index in [1.165, 1.54) is 0 Å². The molecule has 0 aromatic heterocycles. The van der Waals surface area contributed by atoms with Crippen LogP contribution in [0.5, 0.6) is 0 Å². The van der Waals surface area contributed by atoms with Crippen LogP contribution in [0, 0.1) is 11.8 Å². The lowest BCUT2D eigenvalue weighted by atomic mass is 10.1. The highest BCUT2D eigenvalue weighted by atomic mass is 16.2. The maximum Gasteiger partial charge on any atom is 0.234 e. The molecule has 0 spiro atoms. The lowest BCUT2D eigenvalue weighted by Crippen LogP contribution is -2.36. The molecule has 0 fully saturated rings. The van der Waals surface area contributed by atoms with Gasteiger partial charge in [0, 0.05) is 18.7 Å². The summed E-state index contributed by atoms with van der Waals surface area (Å²) in [6, 6.07) is 7.81. The van der Waals surface area contributed by atoms with Crippen molar-refractivity contribution in [1.29, 1.82) is 0 Å². The monoisotopic (exact) mass is 274 g/mol. The van der Waals surface area contributed by atoms with E-state index in [1.807, 2.05) is 38.1 Å². The number of rotatable bonds is 6. The van der Waals surface area contributed by atoms with Gasteiger partial charge in [-0.25, -0.2) is 0 Å². The molecule has 20 heavy (non-hydrogen) atoms. The topological polar surface area (TPSA) is 52.6 Å². The Morgan fingerprint density at radius 2 is 2.10 bits per heavy atom. The van der Waals surface area contributed by atoms with Gasteiger partial charge in [0.15, 0.2) is 0 Å². The van der Waals surface area contributed by atoms with Crippen LogP contribution in [0.2, 0.25) is 0 Å². The second kappa shape index (κ2) is 9.13. The molecule has 0 unspecified atom stereocenters. The van der Waals surface area contributed by atoms with Crippen LogP contribution in [0.1, 0.15) is 25.0 Å². The number of carbonyl (C=O) groups is 1. The number of benzene rings is 1. The normalized spacial score (nSPS) is 10.0. The molecule has 1 amide bonds. The summed E-state index contributed by atoms with van der Waals surface area (Å²) in [5.41, 5.74) is 1.97. The molecule has 1 aromatic rings. The van der Waals surface area contributed by atoms with Crippen LogP contribution in [-0.4, -0.2) is 42.2 Å². The number of likely N-dealkylation sites (N-methyl/N-ethyl adjacent to an activating group) is 2. The van der Waals surface area contributed by atoms with Crippen LogP contribution in [0.4, 0.5) is 0 Å². The van der Waals surface area contributed by atoms with Gasteiger partial charge in [-0.3, -0.25) is 9.69 Å². The predicted octanol–water partition coefficient (Wildman–Crippen LogP) is 0.988. The maximum absolute atomic E-state index is 11.6. The minimum Gasteiger partial charge on any atom is -0.384 e. The molecular weight excluding hydrogens is 252 g/mol. The van der Waals surface area contributed by atoms with Crippen molar-refractivity contribution in [3.8, 4) is 11.8 Å². The Morgan fingerprint density at radius 3 is 2.75 bits per heavy atom. The van der Waals surface area contributed by atoms with Crippen LogP contribution in [0.3, 0.4) is 0 Å². The Balaban J connectivity index is 2.77. The van der Waals surface area contributed by atoms with E-state index in [-0.39, 0.29) is 12.5 Å². The molecule has 4 nitrogen and oxygen atoms in total. The molecule has 0 radical (unpaired) electrons. The molecule has 0 heterocycles. The summed E-state index contributed by atoms with van der Waals surface area (Å²) in [6.45, 7) is 6.28. The van der Waals surface area contributed by atoms with Crippen LogP contribution >= 0.6 is 0 Å². The standard InChI is InChI=1S/C16H22N2O2/c1-3-17-16(20)13-18(4-2)12-15-9-6-5-8-14(15)10-7-11-19/h5-6,8-9,19H,3-4,11-13H2,1-2H3,(H,17,20). The smallest absolute Gasteiger partial charge is 0.234 e. The number of nitrogens with zero attached hydrogens (tertiary/aromatic N) is 1. The second-order valence-corrected chi connectivity index (χ2v) is 4.37. The van der Waals surface area contributed by atoms with E-state index in [4.69, 9.17) is 5.11 Å². The highest BCUT2D eigenvalue weighted by Crippen LogP contribution is 2.10. The molecule has 1 aromatic carbocycles. The Bertz CT molecular complexity index is 489. The van der Waals surface area contributed by atoms with Crippen LogP contribution in [-0.2, 0) is 11.3 Å². The molecule has 0 aliphatic rings. The third kappa shape index (κ3) is 5.43. The first-order valence-electron chi connectivity index (χ1n) is 6.87. The van der Waals surface area contributed by atoms with Gasteiger partial charge in [0.05, 0.1) is 6.54 Å². The quantitative estimate of drug-likeness (QED) is 0.761. The van der Waals surface area contributed by atoms with Gasteiger partial charge in [0.1, 0.15) is 6.61 Å². The molecule has 0 aliphatic carbocycles. The molecule has 0 atom stereocenters. The fourth-order valence-electron chi connectivity index (χ4n) is 1.89. The maximum atomic E-state index is 11.6. The molecule has 1 rings (SSSR count). The molecule has 0 aliphatic heterocycles. The Kier molecular flexibility index (Phi) is 7.41. The zero-order valence-electron chi connectivity index (χ0n) is 12.1. The summed E-state index contributed by atoms with van der Waals surface area (Å²) in [7, 11) is 0. The van der Waals surface area contributed by atoms with E-state index in [1.54, 1.807) is 0 Å². The number of aliphatic hydroxyl groups excluding tert-OH is 1. The first-order valence-corrected chi connectivity index (χ1v) is 6.87. The minimum absolute atomic E-state index is 0.0354. The lowest BCUT2D eigenvalue weighted by Gasteiger charge is -2.20. The first-order chi connectivity index (χ1) is 9.71. The number of nitrogens with one attached hydrogen (secondary N) is 1. The Hall–Kier alpha value is -1.83. The summed E-state index contributed by atoms with van der Waals surface area (Å²) in [4.78, 5) is 13.7. The summed E-state index contributed by atoms with van der Waals surface area (Å²) >= 11 is 0. The van der Waals surface area contributed by atoms with Gasteiger partial charge in [-0.15, -0.1) is 0 Å². The molecule has 2 N–H and O–H groups in total. The average Bonchev–Trinajstić information content (AvgIpc) is 2.45. The van der Waals surface area contributed by atoms with Crippen LogP contribution < -0.4 is 5.32 Å². The van der Waals surface area contributed by atoms with Crippen LogP contribution in [0.25, 0.3) is 0 Å². The largest absolute Gasteiger partial charge is 0.384 e. The minimum atomic E-state index is -0.148. The highest BCUT2D eigenvalue weighted by molar-refractivity contribution is 5.77. The summed E-state index contributed by atoms with van der Waals surface area (Å²) in [5.74, 6) is 5.64. The molecule has 0 saturated carbocycles. The number of hydrogen-bond donors (Lipinski definition) is 2. The third-order valence-corrected chi connectivity index (χ3v) is 2.90. The zero-order chi connectivity index (χ0) is 14.8. The third-order valence-electron chi connectivity index (χ3n) is 2.90. The van der Waals surface area contributed by atoms with Crippen molar-refractivity contribution in [2.24, 2.45) is 0 Å². The lowest BCUT2D eigenvalue weighted by molar-refractivity contribution is -0.122. The van der Waals surface area contributed by atoms with E-state index in [2.05, 4.69) is 22.1 Å². The van der Waals surface area contributed by atoms with Gasteiger partial charge in [0.25, 0.3) is 0 Å². The SMILES string of the molecule is CCNC(=O)CN(CC)Cc1ccccc1C#CCO. The fourth-order valence-corrected chi connectivity index (χ4v) is 1.89. The van der Waals surface area contributed by atoms with Crippen molar-refractivity contribution in [3.05, 3.63) is 35.4 Å². The molecule has 108 valence electrons. The van der Waals surface area contributed by atoms with Gasteiger partial charge in [0.2, 0.25) is 5.91 Å². The van der Waals surface area contributed by atoms with Crippen LogP contribution in [0.15, 0.2) is 24.3 Å². The average molecular weight is 274 g/mol. The Morgan fingerprint density at radius 1 is 1.35 bits per heavy atom. The number of aliphatic hydroxyl groups is 1. The number of carbonyl (C=O) groups excluding carboxylic acids is 1. The summed E-state index contributed by atoms with van der Waals surface area (Å²) in [5, 5.41) is 11.6. The second-order valence-electron chi connectivity index (χ2n) is 4.37. The first kappa shape index (κ1) is 16.2. The van der Waals surface area contributed by atoms with Gasteiger partial charge >= 0.3 is 0 Å². The van der Waals surface area contributed by atoms with E-state index in [9.17, 15) is 4.79 Å². The van der Waals surface area contributed by atoms with Gasteiger partial charge in [-0.1, -0.05) is 37.0 Å². The van der Waals surface area contributed by atoms with Crippen molar-refractivity contribution in [2.75, 3.05) is 26.2 Å². The molecule has 0 saturated heterocycles. The van der Waals surface area contributed by atoms with Gasteiger partial charge in [-0.05, 0) is 25.1 Å². The van der Waals surface area contributed by atoms with Gasteiger partial charge in [-0.2, -0.15) is 0 Å². The van der Waals surface area contributed by atoms with E-state index >= 15 is 0 Å². The van der Waals surface area contributed by atoms with Crippen molar-refractivity contribution in [1.82, 2.24) is 10.2 Å². The van der Waals surface area contributed by atoms with E-state index < -0.39 is 0 Å². The van der Waals surface area contributed by atoms with E-state index in [0.717, 1.165) is 17.7 Å². The zero-order valence-corrected chi connectivity index (χ0v) is 12.1. The molecular formula is C16H22N2O2. The fraction of sp³-hybridized carbons (Fsp3) is 0.438. The predicted molar refractivity (Wildman–Crippen MR) is 80.0 cm³/mol. The molecule has 0 bridgehead atoms. The van der Waals surface area contributed by atoms with Crippen molar-refractivity contribution < 1.29 is 9.90 Å². The van der Waals surface area contributed by atoms with E-state index in [0.29, 0.717) is 19.6 Å². The number of hydrogen-bond acceptors (Lipinski definition) is 3.